The highest BCUT2D eigenvalue weighted by Crippen LogP contribution is 2.11. The highest BCUT2D eigenvalue weighted by molar-refractivity contribution is 5.80. The van der Waals surface area contributed by atoms with Gasteiger partial charge in [0.1, 0.15) is 0 Å². The average molecular weight is 171 g/mol. The number of rotatable bonds is 2. The van der Waals surface area contributed by atoms with E-state index in [2.05, 4.69) is 10.3 Å². The molecule has 1 aliphatic heterocycles. The van der Waals surface area contributed by atoms with Gasteiger partial charge in [0.15, 0.2) is 0 Å². The zero-order chi connectivity index (χ0) is 8.97. The van der Waals surface area contributed by atoms with E-state index in [1.165, 1.54) is 19.3 Å². The molecule has 0 aromatic carbocycles. The van der Waals surface area contributed by atoms with Crippen molar-refractivity contribution in [2.75, 3.05) is 13.1 Å². The van der Waals surface area contributed by atoms with Gasteiger partial charge in [0.2, 0.25) is 0 Å². The lowest BCUT2D eigenvalue weighted by Crippen LogP contribution is -2.49. The van der Waals surface area contributed by atoms with Gasteiger partial charge < -0.3 is 0 Å². The van der Waals surface area contributed by atoms with E-state index in [1.807, 2.05) is 6.92 Å². The molecule has 4 nitrogen and oxygen atoms in total. The van der Waals surface area contributed by atoms with E-state index in [1.54, 1.807) is 0 Å². The van der Waals surface area contributed by atoms with Crippen molar-refractivity contribution in [3.05, 3.63) is 0 Å². The van der Waals surface area contributed by atoms with Crippen molar-refractivity contribution in [1.29, 1.82) is 0 Å². The molecule has 1 atom stereocenters. The maximum atomic E-state index is 11.1. The quantitative estimate of drug-likeness (QED) is 0.345. The first-order valence-corrected chi connectivity index (χ1v) is 4.50. The Morgan fingerprint density at radius 3 is 2.50 bits per heavy atom. The summed E-state index contributed by atoms with van der Waals surface area (Å²) in [6.07, 6.45) is 3.68. The first-order chi connectivity index (χ1) is 5.75. The van der Waals surface area contributed by atoms with E-state index < -0.39 is 0 Å². The predicted octanol–water partition coefficient (Wildman–Crippen LogP) is -0.149. The molecule has 1 rings (SSSR count). The van der Waals surface area contributed by atoms with Crippen molar-refractivity contribution in [1.82, 2.24) is 10.3 Å². The van der Waals surface area contributed by atoms with Crippen molar-refractivity contribution in [3.63, 3.8) is 0 Å². The van der Waals surface area contributed by atoms with E-state index in [0.717, 1.165) is 13.1 Å². The topological polar surface area (TPSA) is 58.4 Å². The molecule has 0 aromatic heterocycles. The molecule has 12 heavy (non-hydrogen) atoms. The Hall–Kier alpha value is -0.610. The summed E-state index contributed by atoms with van der Waals surface area (Å²) in [4.78, 5) is 13.3. The van der Waals surface area contributed by atoms with Gasteiger partial charge >= 0.3 is 0 Å². The van der Waals surface area contributed by atoms with Crippen LogP contribution in [0.4, 0.5) is 0 Å². The van der Waals surface area contributed by atoms with Crippen molar-refractivity contribution >= 4 is 5.91 Å². The second-order valence-corrected chi connectivity index (χ2v) is 3.28. The Labute approximate surface area is 73.1 Å². The summed E-state index contributed by atoms with van der Waals surface area (Å²) in [5.74, 6) is 4.97. The van der Waals surface area contributed by atoms with Crippen LogP contribution >= 0.6 is 0 Å². The van der Waals surface area contributed by atoms with Crippen molar-refractivity contribution in [2.24, 2.45) is 5.84 Å². The van der Waals surface area contributed by atoms with Crippen LogP contribution in [0, 0.1) is 0 Å². The molecule has 1 fully saturated rings. The predicted molar refractivity (Wildman–Crippen MR) is 47.2 cm³/mol. The molecule has 1 aliphatic rings. The van der Waals surface area contributed by atoms with Gasteiger partial charge in [-0.25, -0.2) is 5.84 Å². The number of nitrogens with one attached hydrogen (secondary N) is 1. The van der Waals surface area contributed by atoms with Gasteiger partial charge in [-0.1, -0.05) is 6.42 Å². The van der Waals surface area contributed by atoms with Crippen LogP contribution in [0.2, 0.25) is 0 Å². The number of carbonyl (C=O) groups excluding carboxylic acids is 1. The van der Waals surface area contributed by atoms with Gasteiger partial charge in [0.25, 0.3) is 5.91 Å². The van der Waals surface area contributed by atoms with Crippen molar-refractivity contribution in [2.45, 2.75) is 32.2 Å². The fourth-order valence-corrected chi connectivity index (χ4v) is 1.59. The van der Waals surface area contributed by atoms with Gasteiger partial charge in [0, 0.05) is 0 Å². The Bertz CT molecular complexity index is 154. The number of piperidine rings is 1. The van der Waals surface area contributed by atoms with Crippen LogP contribution < -0.4 is 11.3 Å². The lowest BCUT2D eigenvalue weighted by molar-refractivity contribution is -0.126. The van der Waals surface area contributed by atoms with Gasteiger partial charge in [0.05, 0.1) is 6.04 Å². The fourth-order valence-electron chi connectivity index (χ4n) is 1.59. The minimum atomic E-state index is -0.0862. The van der Waals surface area contributed by atoms with Crippen LogP contribution in [-0.4, -0.2) is 29.9 Å². The first-order valence-electron chi connectivity index (χ1n) is 4.50. The zero-order valence-electron chi connectivity index (χ0n) is 7.55. The van der Waals surface area contributed by atoms with Crippen LogP contribution in [0.25, 0.3) is 0 Å². The third-order valence-corrected chi connectivity index (χ3v) is 2.46. The molecule has 0 aliphatic carbocycles. The fraction of sp³-hybridized carbons (Fsp3) is 0.875. The summed E-state index contributed by atoms with van der Waals surface area (Å²) in [6, 6.07) is -0.0738. The Balaban J connectivity index is 2.39. The smallest absolute Gasteiger partial charge is 0.250 e. The van der Waals surface area contributed by atoms with E-state index in [4.69, 9.17) is 5.84 Å². The second kappa shape index (κ2) is 4.42. The molecule has 0 spiro atoms. The van der Waals surface area contributed by atoms with Gasteiger partial charge in [-0.2, -0.15) is 0 Å². The van der Waals surface area contributed by atoms with Crippen molar-refractivity contribution in [3.8, 4) is 0 Å². The summed E-state index contributed by atoms with van der Waals surface area (Å²) >= 11 is 0. The number of hydrogen-bond donors (Lipinski definition) is 2. The Kier molecular flexibility index (Phi) is 3.49. The van der Waals surface area contributed by atoms with Crippen LogP contribution in [0.3, 0.4) is 0 Å². The number of likely N-dealkylation sites (tertiary alicyclic amines) is 1. The maximum Gasteiger partial charge on any atom is 0.250 e. The number of amides is 1. The lowest BCUT2D eigenvalue weighted by atomic mass is 10.1. The minimum absolute atomic E-state index is 0.0738. The minimum Gasteiger partial charge on any atom is -0.293 e. The lowest BCUT2D eigenvalue weighted by Gasteiger charge is -2.30. The number of hydrazine groups is 1. The van der Waals surface area contributed by atoms with Crippen LogP contribution in [0.5, 0.6) is 0 Å². The highest BCUT2D eigenvalue weighted by Gasteiger charge is 2.21. The van der Waals surface area contributed by atoms with Crippen LogP contribution in [0.15, 0.2) is 0 Å². The Morgan fingerprint density at radius 1 is 1.42 bits per heavy atom. The maximum absolute atomic E-state index is 11.1. The van der Waals surface area contributed by atoms with E-state index in [9.17, 15) is 4.79 Å². The van der Waals surface area contributed by atoms with E-state index in [0.29, 0.717) is 0 Å². The second-order valence-electron chi connectivity index (χ2n) is 3.28. The van der Waals surface area contributed by atoms with E-state index in [-0.39, 0.29) is 11.9 Å². The van der Waals surface area contributed by atoms with Crippen LogP contribution in [-0.2, 0) is 4.79 Å². The van der Waals surface area contributed by atoms with Gasteiger partial charge in [-0.3, -0.25) is 15.1 Å². The molecule has 4 heteroatoms. The normalized spacial score (nSPS) is 21.8. The molecule has 70 valence electrons. The summed E-state index contributed by atoms with van der Waals surface area (Å²) in [5, 5.41) is 0. The molecular weight excluding hydrogens is 154 g/mol. The SMILES string of the molecule is C[C@H](C(=O)NN)N1CCCCC1. The van der Waals surface area contributed by atoms with Crippen LogP contribution in [0.1, 0.15) is 26.2 Å². The molecule has 3 N–H and O–H groups in total. The zero-order valence-corrected chi connectivity index (χ0v) is 7.55. The first kappa shape index (κ1) is 9.48. The molecule has 1 heterocycles. The van der Waals surface area contributed by atoms with Gasteiger partial charge in [-0.15, -0.1) is 0 Å². The van der Waals surface area contributed by atoms with Gasteiger partial charge in [-0.05, 0) is 32.9 Å². The summed E-state index contributed by atoms with van der Waals surface area (Å²) < 4.78 is 0. The van der Waals surface area contributed by atoms with Crippen molar-refractivity contribution < 1.29 is 4.79 Å². The third-order valence-electron chi connectivity index (χ3n) is 2.46. The molecule has 0 saturated carbocycles. The largest absolute Gasteiger partial charge is 0.293 e. The third kappa shape index (κ3) is 2.19. The number of hydrogen-bond acceptors (Lipinski definition) is 3. The summed E-state index contributed by atoms with van der Waals surface area (Å²) in [7, 11) is 0. The standard InChI is InChI=1S/C8H17N3O/c1-7(8(12)10-9)11-5-3-2-4-6-11/h7H,2-6,9H2,1H3,(H,10,12)/t7-/m1/s1. The number of nitrogens with two attached hydrogens (primary N) is 1. The summed E-state index contributed by atoms with van der Waals surface area (Å²) in [5.41, 5.74) is 2.18. The molecule has 0 bridgehead atoms. The number of nitrogens with zero attached hydrogens (tertiary/aromatic N) is 1. The van der Waals surface area contributed by atoms with E-state index >= 15 is 0 Å². The Morgan fingerprint density at radius 2 is 2.00 bits per heavy atom. The molecule has 0 radical (unpaired) electrons. The molecule has 0 aromatic rings. The highest BCUT2D eigenvalue weighted by atomic mass is 16.2. The molecular formula is C8H17N3O. The molecule has 1 amide bonds. The monoisotopic (exact) mass is 171 g/mol. The molecule has 0 unspecified atom stereocenters. The number of carbonyl (C=O) groups is 1. The molecule has 1 saturated heterocycles. The average Bonchev–Trinajstić information content (AvgIpc) is 2.17. The summed E-state index contributed by atoms with van der Waals surface area (Å²) in [6.45, 7) is 3.94.